The molecule has 0 aromatic heterocycles. The molecule has 0 aliphatic carbocycles. The SMILES string of the molecule is N#CCNC(=O)N(CCc1ccc2ccccc2c1)C(=O)c1ccccc1. The molecule has 0 saturated carbocycles. The maximum Gasteiger partial charge on any atom is 0.325 e. The molecule has 0 atom stereocenters. The second kappa shape index (κ2) is 8.63. The van der Waals surface area contributed by atoms with Crippen LogP contribution in [-0.2, 0) is 6.42 Å². The fourth-order valence-corrected chi connectivity index (χ4v) is 2.88. The minimum Gasteiger partial charge on any atom is -0.325 e. The van der Waals surface area contributed by atoms with E-state index >= 15 is 0 Å². The van der Waals surface area contributed by atoms with Gasteiger partial charge in [-0.3, -0.25) is 9.69 Å². The van der Waals surface area contributed by atoms with Crippen molar-refractivity contribution in [2.45, 2.75) is 6.42 Å². The van der Waals surface area contributed by atoms with Gasteiger partial charge in [0, 0.05) is 12.1 Å². The first-order valence-corrected chi connectivity index (χ1v) is 8.68. The van der Waals surface area contributed by atoms with Crippen molar-refractivity contribution in [3.05, 3.63) is 83.9 Å². The molecule has 0 bridgehead atoms. The van der Waals surface area contributed by atoms with Crippen LogP contribution in [0.3, 0.4) is 0 Å². The molecule has 1 N–H and O–H groups in total. The summed E-state index contributed by atoms with van der Waals surface area (Å²) >= 11 is 0. The Balaban J connectivity index is 1.78. The highest BCUT2D eigenvalue weighted by Gasteiger charge is 2.22. The molecule has 5 nitrogen and oxygen atoms in total. The van der Waals surface area contributed by atoms with Gasteiger partial charge in [0.05, 0.1) is 6.07 Å². The van der Waals surface area contributed by atoms with E-state index in [2.05, 4.69) is 11.4 Å². The summed E-state index contributed by atoms with van der Waals surface area (Å²) in [6, 6.07) is 24.1. The van der Waals surface area contributed by atoms with Gasteiger partial charge in [-0.05, 0) is 34.9 Å². The van der Waals surface area contributed by atoms with Crippen molar-refractivity contribution in [3.8, 4) is 6.07 Å². The molecule has 3 rings (SSSR count). The number of nitrogens with one attached hydrogen (secondary N) is 1. The van der Waals surface area contributed by atoms with Gasteiger partial charge in [0.1, 0.15) is 6.54 Å². The van der Waals surface area contributed by atoms with Crippen molar-refractivity contribution in [1.29, 1.82) is 5.26 Å². The van der Waals surface area contributed by atoms with Crippen molar-refractivity contribution in [2.75, 3.05) is 13.1 Å². The maximum absolute atomic E-state index is 12.8. The van der Waals surface area contributed by atoms with E-state index in [1.807, 2.05) is 48.5 Å². The van der Waals surface area contributed by atoms with Crippen molar-refractivity contribution in [1.82, 2.24) is 10.2 Å². The number of carbonyl (C=O) groups is 2. The number of carbonyl (C=O) groups excluding carboxylic acids is 2. The summed E-state index contributed by atoms with van der Waals surface area (Å²) in [5.74, 6) is -0.383. The zero-order valence-corrected chi connectivity index (χ0v) is 14.8. The largest absolute Gasteiger partial charge is 0.325 e. The first-order valence-electron chi connectivity index (χ1n) is 8.68. The molecule has 3 aromatic rings. The van der Waals surface area contributed by atoms with Gasteiger partial charge in [-0.1, -0.05) is 60.7 Å². The summed E-state index contributed by atoms with van der Waals surface area (Å²) in [6.07, 6.45) is 0.531. The van der Waals surface area contributed by atoms with E-state index < -0.39 is 6.03 Å². The van der Waals surface area contributed by atoms with Gasteiger partial charge in [0.2, 0.25) is 0 Å². The van der Waals surface area contributed by atoms with Crippen LogP contribution in [0.25, 0.3) is 10.8 Å². The van der Waals surface area contributed by atoms with E-state index in [9.17, 15) is 9.59 Å². The fourth-order valence-electron chi connectivity index (χ4n) is 2.88. The first-order chi connectivity index (χ1) is 13.2. The number of fused-ring (bicyclic) bond motifs is 1. The number of hydrogen-bond acceptors (Lipinski definition) is 3. The Kier molecular flexibility index (Phi) is 5.80. The zero-order chi connectivity index (χ0) is 19.1. The highest BCUT2D eigenvalue weighted by atomic mass is 16.2. The molecule has 3 aromatic carbocycles. The minimum atomic E-state index is -0.564. The van der Waals surface area contributed by atoms with Gasteiger partial charge in [0.15, 0.2) is 0 Å². The summed E-state index contributed by atoms with van der Waals surface area (Å²) in [4.78, 5) is 26.3. The fraction of sp³-hybridized carbons (Fsp3) is 0.136. The Labute approximate surface area is 157 Å². The summed E-state index contributed by atoms with van der Waals surface area (Å²) < 4.78 is 0. The molecular weight excluding hydrogens is 338 g/mol. The third-order valence-corrected chi connectivity index (χ3v) is 4.27. The highest BCUT2D eigenvalue weighted by molar-refractivity contribution is 6.04. The number of benzene rings is 3. The summed E-state index contributed by atoms with van der Waals surface area (Å²) in [6.45, 7) is 0.0801. The molecule has 0 unspecified atom stereocenters. The summed E-state index contributed by atoms with van der Waals surface area (Å²) in [5, 5.41) is 13.4. The topological polar surface area (TPSA) is 73.2 Å². The van der Waals surface area contributed by atoms with Crippen molar-refractivity contribution in [3.63, 3.8) is 0 Å². The zero-order valence-electron chi connectivity index (χ0n) is 14.8. The Bertz CT molecular complexity index is 993. The van der Waals surface area contributed by atoms with Crippen LogP contribution in [0, 0.1) is 11.3 Å². The first kappa shape index (κ1) is 18.2. The van der Waals surface area contributed by atoms with Crippen LogP contribution in [0.2, 0.25) is 0 Å². The standard InChI is InChI=1S/C22H19N3O2/c23-13-14-24-22(27)25(21(26)19-7-2-1-3-8-19)15-12-17-10-11-18-6-4-5-9-20(18)16-17/h1-11,16H,12,14-15H2,(H,24,27). The number of nitrogens with zero attached hydrogens (tertiary/aromatic N) is 2. The second-order valence-corrected chi connectivity index (χ2v) is 6.07. The molecule has 0 heterocycles. The lowest BCUT2D eigenvalue weighted by molar-refractivity contribution is 0.0802. The lowest BCUT2D eigenvalue weighted by Gasteiger charge is -2.21. The molecule has 0 saturated heterocycles. The molecule has 3 amide bonds. The molecule has 0 fully saturated rings. The second-order valence-electron chi connectivity index (χ2n) is 6.07. The van der Waals surface area contributed by atoms with Crippen LogP contribution in [0.5, 0.6) is 0 Å². The van der Waals surface area contributed by atoms with Gasteiger partial charge in [-0.15, -0.1) is 0 Å². The Hall–Kier alpha value is -3.65. The van der Waals surface area contributed by atoms with Gasteiger partial charge in [0.25, 0.3) is 5.91 Å². The summed E-state index contributed by atoms with van der Waals surface area (Å²) in [7, 11) is 0. The predicted octanol–water partition coefficient (Wildman–Crippen LogP) is 3.76. The van der Waals surface area contributed by atoms with Crippen LogP contribution in [0.15, 0.2) is 72.8 Å². The van der Waals surface area contributed by atoms with Crippen LogP contribution in [0.1, 0.15) is 15.9 Å². The molecule has 0 radical (unpaired) electrons. The smallest absolute Gasteiger partial charge is 0.325 e. The van der Waals surface area contributed by atoms with Crippen LogP contribution in [0.4, 0.5) is 4.79 Å². The quantitative estimate of drug-likeness (QED) is 0.707. The molecule has 0 aliphatic heterocycles. The summed E-state index contributed by atoms with van der Waals surface area (Å²) in [5.41, 5.74) is 1.47. The maximum atomic E-state index is 12.8. The normalized spacial score (nSPS) is 10.2. The van der Waals surface area contributed by atoms with Crippen LogP contribution in [-0.4, -0.2) is 29.9 Å². The van der Waals surface area contributed by atoms with Crippen molar-refractivity contribution in [2.24, 2.45) is 0 Å². The molecule has 0 spiro atoms. The van der Waals surface area contributed by atoms with Crippen LogP contribution < -0.4 is 5.32 Å². The number of imide groups is 1. The Morgan fingerprint density at radius 1 is 0.926 bits per heavy atom. The van der Waals surface area contributed by atoms with E-state index in [1.165, 1.54) is 0 Å². The third-order valence-electron chi connectivity index (χ3n) is 4.27. The molecule has 5 heteroatoms. The molecule has 0 aliphatic rings. The monoisotopic (exact) mass is 357 g/mol. The molecule has 27 heavy (non-hydrogen) atoms. The third kappa shape index (κ3) is 4.50. The Morgan fingerprint density at radius 2 is 1.63 bits per heavy atom. The highest BCUT2D eigenvalue weighted by Crippen LogP contribution is 2.16. The van der Waals surface area contributed by atoms with E-state index in [1.54, 1.807) is 24.3 Å². The lowest BCUT2D eigenvalue weighted by atomic mass is 10.0. The minimum absolute atomic E-state index is 0.145. The molecule has 134 valence electrons. The van der Waals surface area contributed by atoms with E-state index in [-0.39, 0.29) is 19.0 Å². The van der Waals surface area contributed by atoms with Crippen molar-refractivity contribution < 1.29 is 9.59 Å². The number of hydrogen-bond donors (Lipinski definition) is 1. The number of urea groups is 1. The van der Waals surface area contributed by atoms with E-state index in [0.29, 0.717) is 12.0 Å². The predicted molar refractivity (Wildman–Crippen MR) is 104 cm³/mol. The van der Waals surface area contributed by atoms with Crippen LogP contribution >= 0.6 is 0 Å². The van der Waals surface area contributed by atoms with Crippen molar-refractivity contribution >= 4 is 22.7 Å². The van der Waals surface area contributed by atoms with E-state index in [4.69, 9.17) is 5.26 Å². The van der Waals surface area contributed by atoms with Gasteiger partial charge < -0.3 is 5.32 Å². The Morgan fingerprint density at radius 3 is 2.37 bits per heavy atom. The molecular formula is C22H19N3O2. The van der Waals surface area contributed by atoms with E-state index in [0.717, 1.165) is 21.2 Å². The van der Waals surface area contributed by atoms with Gasteiger partial charge in [-0.2, -0.15) is 5.26 Å². The van der Waals surface area contributed by atoms with Gasteiger partial charge in [-0.25, -0.2) is 4.79 Å². The lowest BCUT2D eigenvalue weighted by Crippen LogP contribution is -2.45. The average molecular weight is 357 g/mol. The average Bonchev–Trinajstić information content (AvgIpc) is 2.72. The number of rotatable bonds is 5. The number of nitriles is 1. The van der Waals surface area contributed by atoms with Gasteiger partial charge >= 0.3 is 6.03 Å². The number of amides is 3.